The van der Waals surface area contributed by atoms with E-state index < -0.39 is 20.0 Å². The standard InChI is InChI=1S/C40H77N2O6P/c1-6-8-10-12-14-16-18-19-20-21-22-24-25-27-29-31-33-39(43)38(37-48-49(45,46)47-36-35-42(3,4)5)41-40(44)34-32-30-28-26-23-17-15-13-11-9-7-2/h19-20,24-25,31,33,38-39,43H,6-18,21-23,26-30,32,34-37H2,1-5H3,(H-,41,44,45,46)/p+1/b20-19+,25-24+,33-31+. The molecule has 0 aromatic heterocycles. The van der Waals surface area contributed by atoms with Gasteiger partial charge in [-0.15, -0.1) is 0 Å². The number of unbranched alkanes of at least 4 members (excludes halogenated alkanes) is 18. The van der Waals surface area contributed by atoms with E-state index in [1.807, 2.05) is 27.2 Å². The molecule has 0 rings (SSSR count). The Morgan fingerprint density at radius 3 is 1.63 bits per heavy atom. The van der Waals surface area contributed by atoms with Crippen LogP contribution in [0.15, 0.2) is 36.5 Å². The predicted molar refractivity (Wildman–Crippen MR) is 208 cm³/mol. The van der Waals surface area contributed by atoms with Crippen molar-refractivity contribution >= 4 is 13.7 Å². The molecule has 0 heterocycles. The molecule has 1 amide bonds. The Bertz CT molecular complexity index is 902. The fourth-order valence-corrected chi connectivity index (χ4v) is 6.10. The second kappa shape index (κ2) is 32.6. The summed E-state index contributed by atoms with van der Waals surface area (Å²) in [6.45, 7) is 4.74. The lowest BCUT2D eigenvalue weighted by Crippen LogP contribution is -2.45. The summed E-state index contributed by atoms with van der Waals surface area (Å²) >= 11 is 0. The highest BCUT2D eigenvalue weighted by atomic mass is 31.2. The van der Waals surface area contributed by atoms with Gasteiger partial charge < -0.3 is 19.8 Å². The Labute approximate surface area is 302 Å². The van der Waals surface area contributed by atoms with E-state index in [0.29, 0.717) is 17.4 Å². The van der Waals surface area contributed by atoms with Crippen molar-refractivity contribution in [1.29, 1.82) is 0 Å². The fourth-order valence-electron chi connectivity index (χ4n) is 5.36. The molecule has 288 valence electrons. The van der Waals surface area contributed by atoms with Crippen molar-refractivity contribution < 1.29 is 32.9 Å². The van der Waals surface area contributed by atoms with Crippen LogP contribution in [0.2, 0.25) is 0 Å². The average molecular weight is 714 g/mol. The molecule has 8 nitrogen and oxygen atoms in total. The Hall–Kier alpha value is -1.28. The third-order valence-electron chi connectivity index (χ3n) is 8.59. The molecule has 0 radical (unpaired) electrons. The summed E-state index contributed by atoms with van der Waals surface area (Å²) in [6.07, 6.45) is 37.8. The number of likely N-dealkylation sites (N-methyl/N-ethyl adjacent to an activating group) is 1. The van der Waals surface area contributed by atoms with Gasteiger partial charge in [0.1, 0.15) is 13.2 Å². The van der Waals surface area contributed by atoms with E-state index in [1.54, 1.807) is 6.08 Å². The summed E-state index contributed by atoms with van der Waals surface area (Å²) in [5, 5.41) is 13.7. The van der Waals surface area contributed by atoms with Crippen LogP contribution in [0, 0.1) is 0 Å². The molecule has 0 saturated heterocycles. The molecule has 0 aliphatic rings. The second-order valence-corrected chi connectivity index (χ2v) is 16.1. The number of phosphoric ester groups is 1. The SMILES string of the molecule is CCCCCCCC/C=C/CC/C=C/CC/C=C/C(O)C(COP(=O)(O)OCC[N+](C)(C)C)NC(=O)CCCCCCCCCCCCC. The molecule has 0 aromatic carbocycles. The first-order valence-corrected chi connectivity index (χ1v) is 21.4. The highest BCUT2D eigenvalue weighted by Crippen LogP contribution is 2.43. The molecule has 0 aliphatic carbocycles. The molecule has 0 spiro atoms. The van der Waals surface area contributed by atoms with E-state index in [1.165, 1.54) is 96.3 Å². The minimum atomic E-state index is -4.34. The topological polar surface area (TPSA) is 105 Å². The zero-order valence-electron chi connectivity index (χ0n) is 32.4. The van der Waals surface area contributed by atoms with Gasteiger partial charge in [0.2, 0.25) is 5.91 Å². The molecule has 0 aliphatic heterocycles. The number of rotatable bonds is 35. The van der Waals surface area contributed by atoms with Gasteiger partial charge in [-0.3, -0.25) is 13.8 Å². The zero-order chi connectivity index (χ0) is 36.5. The van der Waals surface area contributed by atoms with E-state index in [4.69, 9.17) is 9.05 Å². The van der Waals surface area contributed by atoms with Crippen molar-refractivity contribution in [2.75, 3.05) is 40.9 Å². The number of phosphoric acid groups is 1. The molecule has 0 aromatic rings. The number of nitrogens with one attached hydrogen (secondary N) is 1. The van der Waals surface area contributed by atoms with Crippen molar-refractivity contribution in [2.24, 2.45) is 0 Å². The number of quaternary nitrogens is 1. The summed E-state index contributed by atoms with van der Waals surface area (Å²) in [6, 6.07) is -0.863. The largest absolute Gasteiger partial charge is 0.472 e. The molecule has 9 heteroatoms. The van der Waals surface area contributed by atoms with Crippen molar-refractivity contribution in [3.8, 4) is 0 Å². The number of aliphatic hydroxyl groups excluding tert-OH is 1. The quantitative estimate of drug-likeness (QED) is 0.0261. The van der Waals surface area contributed by atoms with Gasteiger partial charge in [-0.2, -0.15) is 0 Å². The Morgan fingerprint density at radius 1 is 0.673 bits per heavy atom. The van der Waals surface area contributed by atoms with E-state index in [0.717, 1.165) is 44.9 Å². The van der Waals surface area contributed by atoms with Crippen molar-refractivity contribution in [1.82, 2.24) is 5.32 Å². The van der Waals surface area contributed by atoms with E-state index in [-0.39, 0.29) is 19.1 Å². The first-order valence-electron chi connectivity index (χ1n) is 19.9. The number of aliphatic hydroxyl groups is 1. The smallest absolute Gasteiger partial charge is 0.387 e. The Kier molecular flexibility index (Phi) is 31.8. The lowest BCUT2D eigenvalue weighted by atomic mass is 10.0. The minimum Gasteiger partial charge on any atom is -0.387 e. The van der Waals surface area contributed by atoms with Gasteiger partial charge in [0, 0.05) is 6.42 Å². The molecular weight excluding hydrogens is 635 g/mol. The number of nitrogens with zero attached hydrogens (tertiary/aromatic N) is 1. The molecular formula is C40H78N2O6P+. The molecule has 3 atom stereocenters. The molecule has 49 heavy (non-hydrogen) atoms. The number of carbonyl (C=O) groups excluding carboxylic acids is 1. The van der Waals surface area contributed by atoms with Crippen molar-refractivity contribution in [2.45, 2.75) is 174 Å². The monoisotopic (exact) mass is 714 g/mol. The predicted octanol–water partition coefficient (Wildman–Crippen LogP) is 10.4. The number of carbonyl (C=O) groups is 1. The molecule has 0 fully saturated rings. The normalized spacial score (nSPS) is 15.0. The van der Waals surface area contributed by atoms with Crippen LogP contribution in [0.4, 0.5) is 0 Å². The van der Waals surface area contributed by atoms with E-state index >= 15 is 0 Å². The Balaban J connectivity index is 4.60. The van der Waals surface area contributed by atoms with Crippen LogP contribution in [0.5, 0.6) is 0 Å². The maximum atomic E-state index is 12.8. The van der Waals surface area contributed by atoms with Gasteiger partial charge in [0.05, 0.1) is 39.9 Å². The van der Waals surface area contributed by atoms with Gasteiger partial charge in [0.15, 0.2) is 0 Å². The fraction of sp³-hybridized carbons (Fsp3) is 0.825. The lowest BCUT2D eigenvalue weighted by Gasteiger charge is -2.25. The summed E-state index contributed by atoms with van der Waals surface area (Å²) in [5.74, 6) is -0.195. The minimum absolute atomic E-state index is 0.0542. The zero-order valence-corrected chi connectivity index (χ0v) is 33.3. The first-order chi connectivity index (χ1) is 23.5. The summed E-state index contributed by atoms with van der Waals surface area (Å²) in [4.78, 5) is 23.0. The maximum Gasteiger partial charge on any atom is 0.472 e. The van der Waals surface area contributed by atoms with Gasteiger partial charge in [-0.05, 0) is 44.9 Å². The number of hydrogen-bond acceptors (Lipinski definition) is 5. The third kappa shape index (κ3) is 34.9. The van der Waals surface area contributed by atoms with Gasteiger partial charge >= 0.3 is 7.82 Å². The van der Waals surface area contributed by atoms with Gasteiger partial charge in [-0.25, -0.2) is 4.57 Å². The van der Waals surface area contributed by atoms with Crippen LogP contribution in [0.3, 0.4) is 0 Å². The molecule has 3 unspecified atom stereocenters. The number of amides is 1. The number of allylic oxidation sites excluding steroid dienone is 5. The Morgan fingerprint density at radius 2 is 1.12 bits per heavy atom. The molecule has 0 saturated carbocycles. The van der Waals surface area contributed by atoms with E-state index in [2.05, 4.69) is 43.5 Å². The van der Waals surface area contributed by atoms with Gasteiger partial charge in [0.25, 0.3) is 0 Å². The third-order valence-corrected chi connectivity index (χ3v) is 9.57. The first kappa shape index (κ1) is 47.7. The average Bonchev–Trinajstić information content (AvgIpc) is 3.04. The van der Waals surface area contributed by atoms with Crippen LogP contribution < -0.4 is 5.32 Å². The van der Waals surface area contributed by atoms with Crippen molar-refractivity contribution in [3.63, 3.8) is 0 Å². The van der Waals surface area contributed by atoms with E-state index in [9.17, 15) is 19.4 Å². The number of hydrogen-bond donors (Lipinski definition) is 3. The lowest BCUT2D eigenvalue weighted by molar-refractivity contribution is -0.870. The second-order valence-electron chi connectivity index (χ2n) is 14.6. The van der Waals surface area contributed by atoms with Crippen LogP contribution >= 0.6 is 7.82 Å². The maximum absolute atomic E-state index is 12.8. The van der Waals surface area contributed by atoms with Gasteiger partial charge in [-0.1, -0.05) is 147 Å². The summed E-state index contributed by atoms with van der Waals surface area (Å²) in [7, 11) is 1.54. The molecule has 3 N–H and O–H groups in total. The summed E-state index contributed by atoms with van der Waals surface area (Å²) < 4.78 is 23.4. The van der Waals surface area contributed by atoms with Crippen molar-refractivity contribution in [3.05, 3.63) is 36.5 Å². The van der Waals surface area contributed by atoms with Crippen LogP contribution in [-0.2, 0) is 18.4 Å². The highest BCUT2D eigenvalue weighted by molar-refractivity contribution is 7.47. The van der Waals surface area contributed by atoms with Crippen LogP contribution in [-0.4, -0.2) is 73.4 Å². The molecule has 0 bridgehead atoms. The summed E-state index contributed by atoms with van der Waals surface area (Å²) in [5.41, 5.74) is 0. The van der Waals surface area contributed by atoms with Crippen LogP contribution in [0.1, 0.15) is 162 Å². The van der Waals surface area contributed by atoms with Crippen LogP contribution in [0.25, 0.3) is 0 Å². The highest BCUT2D eigenvalue weighted by Gasteiger charge is 2.27.